The number of pyridine rings is 1. The van der Waals surface area contributed by atoms with Gasteiger partial charge in [0.1, 0.15) is 0 Å². The highest BCUT2D eigenvalue weighted by Crippen LogP contribution is 2.23. The number of amides is 2. The van der Waals surface area contributed by atoms with Crippen molar-refractivity contribution in [2.75, 3.05) is 26.2 Å². The van der Waals surface area contributed by atoms with Gasteiger partial charge < -0.3 is 14.5 Å². The van der Waals surface area contributed by atoms with Crippen LogP contribution in [0.15, 0.2) is 24.4 Å². The van der Waals surface area contributed by atoms with E-state index in [1.54, 1.807) is 11.1 Å². The number of carbonyl (C=O) groups is 2. The maximum atomic E-state index is 12.7. The van der Waals surface area contributed by atoms with Crippen molar-refractivity contribution in [2.45, 2.75) is 45.3 Å². The monoisotopic (exact) mass is 345 g/mol. The summed E-state index contributed by atoms with van der Waals surface area (Å²) < 4.78 is 5.94. The number of aromatic nitrogens is 1. The number of piperidine rings is 2. The molecule has 0 aromatic carbocycles. The van der Waals surface area contributed by atoms with Gasteiger partial charge in [-0.25, -0.2) is 0 Å². The molecule has 0 unspecified atom stereocenters. The Hall–Kier alpha value is -1.95. The number of rotatable bonds is 5. The summed E-state index contributed by atoms with van der Waals surface area (Å²) in [7, 11) is 0. The van der Waals surface area contributed by atoms with Crippen molar-refractivity contribution in [2.24, 2.45) is 5.92 Å². The summed E-state index contributed by atoms with van der Waals surface area (Å²) in [5.74, 6) is 0.339. The number of likely N-dealkylation sites (tertiary alicyclic amines) is 2. The van der Waals surface area contributed by atoms with Crippen LogP contribution in [0.1, 0.15) is 38.3 Å². The van der Waals surface area contributed by atoms with E-state index in [4.69, 9.17) is 4.74 Å². The predicted molar refractivity (Wildman–Crippen MR) is 93.6 cm³/mol. The molecule has 0 N–H and O–H groups in total. The number of hydrogen-bond donors (Lipinski definition) is 0. The molecule has 0 spiro atoms. The maximum absolute atomic E-state index is 12.7. The van der Waals surface area contributed by atoms with Gasteiger partial charge in [-0.05, 0) is 38.3 Å². The van der Waals surface area contributed by atoms with E-state index >= 15 is 0 Å². The third-order valence-electron chi connectivity index (χ3n) is 5.18. The molecule has 2 fully saturated rings. The lowest BCUT2D eigenvalue weighted by Crippen LogP contribution is -2.49. The first-order chi connectivity index (χ1) is 12.2. The Morgan fingerprint density at radius 3 is 2.76 bits per heavy atom. The van der Waals surface area contributed by atoms with E-state index in [1.165, 1.54) is 0 Å². The van der Waals surface area contributed by atoms with Crippen molar-refractivity contribution in [3.63, 3.8) is 0 Å². The molecule has 2 aliphatic rings. The fraction of sp³-hybridized carbons (Fsp3) is 0.632. The third-order valence-corrected chi connectivity index (χ3v) is 5.18. The van der Waals surface area contributed by atoms with E-state index in [9.17, 15) is 9.59 Å². The van der Waals surface area contributed by atoms with Crippen LogP contribution >= 0.6 is 0 Å². The Kier molecular flexibility index (Phi) is 6.02. The van der Waals surface area contributed by atoms with E-state index in [0.29, 0.717) is 32.5 Å². The lowest BCUT2D eigenvalue weighted by molar-refractivity contribution is -0.144. The van der Waals surface area contributed by atoms with Crippen LogP contribution in [-0.4, -0.2) is 58.9 Å². The zero-order valence-electron chi connectivity index (χ0n) is 14.9. The van der Waals surface area contributed by atoms with Gasteiger partial charge in [-0.3, -0.25) is 14.6 Å². The minimum atomic E-state index is -0.0383. The van der Waals surface area contributed by atoms with E-state index in [2.05, 4.69) is 4.98 Å². The molecule has 1 atom stereocenters. The average Bonchev–Trinajstić information content (AvgIpc) is 2.67. The lowest BCUT2D eigenvalue weighted by Gasteiger charge is -2.37. The van der Waals surface area contributed by atoms with Crippen LogP contribution in [0.3, 0.4) is 0 Å². The topological polar surface area (TPSA) is 62.7 Å². The largest absolute Gasteiger partial charge is 0.372 e. The van der Waals surface area contributed by atoms with E-state index in [-0.39, 0.29) is 23.8 Å². The number of ether oxygens (including phenoxy) is 1. The van der Waals surface area contributed by atoms with Crippen molar-refractivity contribution in [3.05, 3.63) is 30.1 Å². The molecule has 0 saturated carbocycles. The smallest absolute Gasteiger partial charge is 0.227 e. The fourth-order valence-corrected chi connectivity index (χ4v) is 3.61. The molecule has 0 aliphatic carbocycles. The zero-order valence-corrected chi connectivity index (χ0v) is 14.9. The Morgan fingerprint density at radius 1 is 1.28 bits per heavy atom. The van der Waals surface area contributed by atoms with Crippen molar-refractivity contribution >= 4 is 11.8 Å². The summed E-state index contributed by atoms with van der Waals surface area (Å²) in [5, 5.41) is 0. The van der Waals surface area contributed by atoms with Gasteiger partial charge in [0.2, 0.25) is 11.8 Å². The molecule has 0 radical (unpaired) electrons. The van der Waals surface area contributed by atoms with Crippen molar-refractivity contribution in [1.29, 1.82) is 0 Å². The molecular weight excluding hydrogens is 318 g/mol. The van der Waals surface area contributed by atoms with Gasteiger partial charge in [-0.1, -0.05) is 6.07 Å². The Bertz CT molecular complexity index is 585. The molecule has 1 aromatic heterocycles. The van der Waals surface area contributed by atoms with Gasteiger partial charge in [0.15, 0.2) is 0 Å². The van der Waals surface area contributed by atoms with Gasteiger partial charge in [0.25, 0.3) is 0 Å². The molecule has 6 nitrogen and oxygen atoms in total. The second-order valence-electron chi connectivity index (χ2n) is 6.82. The third kappa shape index (κ3) is 4.57. The van der Waals surface area contributed by atoms with Crippen LogP contribution in [0.2, 0.25) is 0 Å². The van der Waals surface area contributed by atoms with E-state index in [1.807, 2.05) is 30.0 Å². The Balaban J connectivity index is 1.44. The molecule has 3 rings (SSSR count). The van der Waals surface area contributed by atoms with Gasteiger partial charge in [0.05, 0.1) is 24.3 Å². The minimum absolute atomic E-state index is 0.0383. The van der Waals surface area contributed by atoms with E-state index in [0.717, 1.165) is 31.6 Å². The summed E-state index contributed by atoms with van der Waals surface area (Å²) in [6.07, 6.45) is 4.86. The van der Waals surface area contributed by atoms with Gasteiger partial charge >= 0.3 is 0 Å². The number of carbonyl (C=O) groups excluding carboxylic acids is 2. The summed E-state index contributed by atoms with van der Waals surface area (Å²) in [6.45, 7) is 5.23. The first-order valence-corrected chi connectivity index (χ1v) is 9.25. The van der Waals surface area contributed by atoms with Gasteiger partial charge in [0, 0.05) is 38.8 Å². The SMILES string of the molecule is CCN1C[C@@H](C(=O)N2CCC(OCc3ccccn3)CC2)CCC1=O. The van der Waals surface area contributed by atoms with Crippen LogP contribution in [-0.2, 0) is 20.9 Å². The summed E-state index contributed by atoms with van der Waals surface area (Å²) in [5.41, 5.74) is 0.938. The number of nitrogens with zero attached hydrogens (tertiary/aromatic N) is 3. The molecule has 2 saturated heterocycles. The molecule has 136 valence electrons. The quantitative estimate of drug-likeness (QED) is 0.817. The predicted octanol–water partition coefficient (Wildman–Crippen LogP) is 1.85. The maximum Gasteiger partial charge on any atom is 0.227 e. The van der Waals surface area contributed by atoms with Crippen LogP contribution in [0, 0.1) is 5.92 Å². The van der Waals surface area contributed by atoms with E-state index < -0.39 is 0 Å². The molecule has 1 aromatic rings. The second kappa shape index (κ2) is 8.43. The molecule has 2 aliphatic heterocycles. The van der Waals surface area contributed by atoms with Crippen molar-refractivity contribution in [3.8, 4) is 0 Å². The van der Waals surface area contributed by atoms with Crippen molar-refractivity contribution < 1.29 is 14.3 Å². The van der Waals surface area contributed by atoms with Gasteiger partial charge in [-0.2, -0.15) is 0 Å². The highest BCUT2D eigenvalue weighted by molar-refractivity contribution is 5.84. The normalized spacial score (nSPS) is 22.3. The molecule has 6 heteroatoms. The Labute approximate surface area is 149 Å². The molecule has 2 amide bonds. The first kappa shape index (κ1) is 17.9. The Morgan fingerprint density at radius 2 is 2.08 bits per heavy atom. The van der Waals surface area contributed by atoms with Crippen LogP contribution < -0.4 is 0 Å². The van der Waals surface area contributed by atoms with Crippen molar-refractivity contribution in [1.82, 2.24) is 14.8 Å². The second-order valence-corrected chi connectivity index (χ2v) is 6.82. The highest BCUT2D eigenvalue weighted by atomic mass is 16.5. The lowest BCUT2D eigenvalue weighted by atomic mass is 9.95. The van der Waals surface area contributed by atoms with Gasteiger partial charge in [-0.15, -0.1) is 0 Å². The fourth-order valence-electron chi connectivity index (χ4n) is 3.61. The molecule has 25 heavy (non-hydrogen) atoms. The average molecular weight is 345 g/mol. The van der Waals surface area contributed by atoms with Crippen LogP contribution in [0.5, 0.6) is 0 Å². The van der Waals surface area contributed by atoms with Crippen LogP contribution in [0.25, 0.3) is 0 Å². The zero-order chi connectivity index (χ0) is 17.6. The summed E-state index contributed by atoms with van der Waals surface area (Å²) in [4.78, 5) is 32.5. The standard InChI is InChI=1S/C19H27N3O3/c1-2-21-13-15(6-7-18(21)23)19(24)22-11-8-17(9-12-22)25-14-16-5-3-4-10-20-16/h3-5,10,15,17H,2,6-9,11-14H2,1H3/t15-/m0/s1. The molecular formula is C19H27N3O3. The molecule has 0 bridgehead atoms. The summed E-state index contributed by atoms with van der Waals surface area (Å²) in [6, 6.07) is 5.82. The first-order valence-electron chi connectivity index (χ1n) is 9.25. The molecule has 3 heterocycles. The number of hydrogen-bond acceptors (Lipinski definition) is 4. The van der Waals surface area contributed by atoms with Crippen LogP contribution in [0.4, 0.5) is 0 Å². The summed E-state index contributed by atoms with van der Waals surface area (Å²) >= 11 is 0. The highest BCUT2D eigenvalue weighted by Gasteiger charge is 2.33. The minimum Gasteiger partial charge on any atom is -0.372 e.